The number of nitrogens with one attached hydrogen (secondary N) is 1. The molecule has 0 radical (unpaired) electrons. The van der Waals surface area contributed by atoms with Crippen LogP contribution in [0.1, 0.15) is 18.9 Å². The molecular weight excluding hydrogens is 356 g/mol. The third-order valence-corrected chi connectivity index (χ3v) is 4.85. The molecule has 1 aromatic rings. The molecule has 0 fully saturated rings. The van der Waals surface area contributed by atoms with Crippen LogP contribution in [0.15, 0.2) is 27.8 Å². The van der Waals surface area contributed by atoms with Crippen LogP contribution in [0.25, 0.3) is 6.08 Å². The third-order valence-electron chi connectivity index (χ3n) is 3.80. The largest absolute Gasteiger partial charge is 0.493 e. The average Bonchev–Trinajstić information content (AvgIpc) is 3.07. The van der Waals surface area contributed by atoms with E-state index in [0.29, 0.717) is 34.4 Å². The summed E-state index contributed by atoms with van der Waals surface area (Å²) in [5, 5.41) is 15.3. The minimum atomic E-state index is -0.477. The highest BCUT2D eigenvalue weighted by Crippen LogP contribution is 2.39. The van der Waals surface area contributed by atoms with E-state index in [1.807, 2.05) is 6.92 Å². The summed E-state index contributed by atoms with van der Waals surface area (Å²) in [6, 6.07) is 3.40. The van der Waals surface area contributed by atoms with Crippen molar-refractivity contribution in [1.82, 2.24) is 5.01 Å². The number of rotatable bonds is 5. The Balaban J connectivity index is 2.04. The van der Waals surface area contributed by atoms with Crippen LogP contribution in [-0.2, 0) is 4.79 Å². The van der Waals surface area contributed by atoms with Gasteiger partial charge >= 0.3 is 0 Å². The molecule has 0 aliphatic carbocycles. The lowest BCUT2D eigenvalue weighted by Gasteiger charge is -2.20. The Bertz CT molecular complexity index is 851. The van der Waals surface area contributed by atoms with Crippen LogP contribution in [0.4, 0.5) is 0 Å². The number of fused-ring (bicyclic) bond motifs is 1. The molecular formula is C17H18N4O4S. The van der Waals surface area contributed by atoms with E-state index in [9.17, 15) is 4.79 Å². The Morgan fingerprint density at radius 1 is 1.19 bits per heavy atom. The summed E-state index contributed by atoms with van der Waals surface area (Å²) < 4.78 is 15.9. The van der Waals surface area contributed by atoms with Crippen molar-refractivity contribution in [3.05, 3.63) is 23.3 Å². The molecule has 2 aliphatic rings. The van der Waals surface area contributed by atoms with Crippen molar-refractivity contribution in [1.29, 1.82) is 5.41 Å². The number of methoxy groups -OCH3 is 3. The first kappa shape index (κ1) is 18.0. The highest BCUT2D eigenvalue weighted by atomic mass is 32.2. The van der Waals surface area contributed by atoms with E-state index in [1.165, 1.54) is 38.1 Å². The maximum absolute atomic E-state index is 12.4. The second-order valence-electron chi connectivity index (χ2n) is 5.33. The summed E-state index contributed by atoms with van der Waals surface area (Å²) in [4.78, 5) is 16.4. The molecule has 1 aromatic carbocycles. The summed E-state index contributed by atoms with van der Waals surface area (Å²) in [6.07, 6.45) is 2.28. The van der Waals surface area contributed by atoms with Crippen LogP contribution >= 0.6 is 11.8 Å². The van der Waals surface area contributed by atoms with Gasteiger partial charge in [-0.05, 0) is 42.0 Å². The van der Waals surface area contributed by atoms with Crippen LogP contribution in [-0.4, -0.2) is 48.3 Å². The number of carbonyl (C=O) groups excluding carboxylic acids is 1. The molecule has 0 aromatic heterocycles. The van der Waals surface area contributed by atoms with E-state index in [1.54, 1.807) is 18.2 Å². The second kappa shape index (κ2) is 7.20. The molecule has 1 amide bonds. The van der Waals surface area contributed by atoms with Crippen LogP contribution in [0.2, 0.25) is 0 Å². The highest BCUT2D eigenvalue weighted by Gasteiger charge is 2.35. The van der Waals surface area contributed by atoms with Gasteiger partial charge < -0.3 is 14.2 Å². The van der Waals surface area contributed by atoms with Gasteiger partial charge in [0.15, 0.2) is 17.3 Å². The predicted molar refractivity (Wildman–Crippen MR) is 101 cm³/mol. The molecule has 9 heteroatoms. The molecule has 3 rings (SSSR count). The van der Waals surface area contributed by atoms with Crippen molar-refractivity contribution in [2.24, 2.45) is 10.1 Å². The second-order valence-corrected chi connectivity index (χ2v) is 6.37. The van der Waals surface area contributed by atoms with Crippen molar-refractivity contribution < 1.29 is 19.0 Å². The Morgan fingerprint density at radius 3 is 2.38 bits per heavy atom. The van der Waals surface area contributed by atoms with E-state index in [-0.39, 0.29) is 11.4 Å². The molecule has 0 spiro atoms. The maximum atomic E-state index is 12.4. The van der Waals surface area contributed by atoms with Crippen molar-refractivity contribution in [2.75, 3.05) is 21.3 Å². The van der Waals surface area contributed by atoms with Gasteiger partial charge in [-0.2, -0.15) is 15.1 Å². The number of ether oxygens (including phenoxy) is 3. The van der Waals surface area contributed by atoms with Crippen molar-refractivity contribution >= 4 is 39.8 Å². The summed E-state index contributed by atoms with van der Waals surface area (Å²) in [6.45, 7) is 1.96. The summed E-state index contributed by atoms with van der Waals surface area (Å²) >= 11 is 1.31. The first-order valence-corrected chi connectivity index (χ1v) is 8.63. The summed E-state index contributed by atoms with van der Waals surface area (Å²) in [7, 11) is 4.55. The minimum absolute atomic E-state index is 0.00954. The Morgan fingerprint density at radius 2 is 1.85 bits per heavy atom. The van der Waals surface area contributed by atoms with E-state index in [0.717, 1.165) is 5.04 Å². The number of thioether (sulfide) groups is 1. The van der Waals surface area contributed by atoms with Crippen molar-refractivity contribution in [3.63, 3.8) is 0 Å². The quantitative estimate of drug-likeness (QED) is 0.796. The van der Waals surface area contributed by atoms with Gasteiger partial charge in [0.2, 0.25) is 10.9 Å². The van der Waals surface area contributed by atoms with Crippen molar-refractivity contribution in [3.8, 4) is 17.2 Å². The van der Waals surface area contributed by atoms with Crippen LogP contribution in [0, 0.1) is 5.41 Å². The Hall–Kier alpha value is -2.81. The molecule has 0 bridgehead atoms. The molecule has 1 N–H and O–H groups in total. The van der Waals surface area contributed by atoms with Gasteiger partial charge in [-0.25, -0.2) is 0 Å². The molecule has 0 unspecified atom stereocenters. The number of aliphatic imine (C=N–C) groups is 1. The van der Waals surface area contributed by atoms with Gasteiger partial charge in [-0.15, -0.1) is 0 Å². The topological polar surface area (TPSA) is 96.6 Å². The predicted octanol–water partition coefficient (Wildman–Crippen LogP) is 2.74. The molecule has 8 nitrogen and oxygen atoms in total. The number of benzene rings is 1. The number of hydrogen-bond acceptors (Lipinski definition) is 7. The van der Waals surface area contributed by atoms with Gasteiger partial charge in [0.25, 0.3) is 5.91 Å². The first-order valence-electron chi connectivity index (χ1n) is 7.81. The number of hydrogen-bond donors (Lipinski definition) is 1. The zero-order valence-corrected chi connectivity index (χ0v) is 15.6. The normalized spacial score (nSPS) is 17.8. The number of amidine groups is 2. The fourth-order valence-electron chi connectivity index (χ4n) is 2.53. The number of carbonyl (C=O) groups is 1. The third kappa shape index (κ3) is 3.05. The fraction of sp³-hybridized carbons (Fsp3) is 0.294. The molecule has 0 saturated heterocycles. The van der Waals surface area contributed by atoms with Gasteiger partial charge in [-0.3, -0.25) is 10.2 Å². The highest BCUT2D eigenvalue weighted by molar-refractivity contribution is 8.26. The smallest absolute Gasteiger partial charge is 0.283 e. The zero-order chi connectivity index (χ0) is 18.8. The zero-order valence-electron chi connectivity index (χ0n) is 14.8. The number of hydrazone groups is 1. The molecule has 26 heavy (non-hydrogen) atoms. The van der Waals surface area contributed by atoms with Crippen LogP contribution in [0.5, 0.6) is 17.2 Å². The molecule has 136 valence electrons. The lowest BCUT2D eigenvalue weighted by molar-refractivity contribution is -0.114. The Kier molecular flexibility index (Phi) is 4.99. The van der Waals surface area contributed by atoms with Crippen molar-refractivity contribution in [2.45, 2.75) is 13.3 Å². The number of nitrogens with zero attached hydrogens (tertiary/aromatic N) is 3. The van der Waals surface area contributed by atoms with Gasteiger partial charge in [0.05, 0.1) is 26.9 Å². The number of amides is 1. The standard InChI is InChI=1S/C17H18N4O4S/c1-5-13-20-21-15(18)10(16(22)19-17(21)26-13)6-9-7-11(23-2)14(25-4)12(8-9)24-3/h6-8,18H,5H2,1-4H3. The van der Waals surface area contributed by atoms with E-state index >= 15 is 0 Å². The van der Waals surface area contributed by atoms with Gasteiger partial charge in [0, 0.05) is 0 Å². The summed E-state index contributed by atoms with van der Waals surface area (Å²) in [5.74, 6) is 0.886. The Labute approximate surface area is 155 Å². The SMILES string of the molecule is CCC1=NN2C(=N)C(=Cc3cc(OC)c(OC)c(OC)c3)C(=O)N=C2S1. The maximum Gasteiger partial charge on any atom is 0.283 e. The van der Waals surface area contributed by atoms with Crippen LogP contribution < -0.4 is 14.2 Å². The van der Waals surface area contributed by atoms with E-state index in [2.05, 4.69) is 10.1 Å². The molecule has 0 atom stereocenters. The fourth-order valence-corrected chi connectivity index (χ4v) is 3.35. The molecule has 2 heterocycles. The summed E-state index contributed by atoms with van der Waals surface area (Å²) in [5.41, 5.74) is 0.766. The van der Waals surface area contributed by atoms with E-state index in [4.69, 9.17) is 19.6 Å². The molecule has 0 saturated carbocycles. The van der Waals surface area contributed by atoms with Gasteiger partial charge in [-0.1, -0.05) is 6.92 Å². The lowest BCUT2D eigenvalue weighted by atomic mass is 10.1. The molecule has 2 aliphatic heterocycles. The van der Waals surface area contributed by atoms with E-state index < -0.39 is 5.91 Å². The van der Waals surface area contributed by atoms with Gasteiger partial charge in [0.1, 0.15) is 5.04 Å². The lowest BCUT2D eigenvalue weighted by Crippen LogP contribution is -2.35. The first-order chi connectivity index (χ1) is 12.5. The monoisotopic (exact) mass is 374 g/mol. The van der Waals surface area contributed by atoms with Crippen LogP contribution in [0.3, 0.4) is 0 Å². The minimum Gasteiger partial charge on any atom is -0.493 e. The average molecular weight is 374 g/mol.